The van der Waals surface area contributed by atoms with E-state index in [1.165, 1.54) is 37.1 Å². The van der Waals surface area contributed by atoms with Gasteiger partial charge in [0, 0.05) is 6.07 Å². The predicted octanol–water partition coefficient (Wildman–Crippen LogP) is 1.00. The molecule has 2 heterocycles. The number of ether oxygens (including phenoxy) is 3. The Kier molecular flexibility index (Phi) is 5.05. The second-order valence-corrected chi connectivity index (χ2v) is 6.19. The molecule has 0 bridgehead atoms. The third-order valence-corrected chi connectivity index (χ3v) is 4.65. The standard InChI is InChI=1S/C17H25NO4/c1-2-13-5-3-4-8-18(13)10-14(19)11-20-15-6-7-16-17(9-15)22-12-21-16/h6-7,9,13-14,19H,2-5,8,10-12H2,1H3/p+1/t13-,14+/m1/s1. The van der Waals surface area contributed by atoms with Gasteiger partial charge in [0.1, 0.15) is 25.0 Å². The highest BCUT2D eigenvalue weighted by molar-refractivity contribution is 5.46. The molecule has 2 aliphatic rings. The van der Waals surface area contributed by atoms with Gasteiger partial charge < -0.3 is 24.2 Å². The lowest BCUT2D eigenvalue weighted by molar-refractivity contribution is -0.933. The molecular weight excluding hydrogens is 282 g/mol. The molecule has 1 saturated heterocycles. The van der Waals surface area contributed by atoms with Gasteiger partial charge in [-0.05, 0) is 37.8 Å². The normalized spacial score (nSPS) is 25.0. The van der Waals surface area contributed by atoms with Crippen molar-refractivity contribution in [3.8, 4) is 17.2 Å². The summed E-state index contributed by atoms with van der Waals surface area (Å²) in [6.07, 6.45) is 4.62. The highest BCUT2D eigenvalue weighted by Crippen LogP contribution is 2.35. The van der Waals surface area contributed by atoms with Gasteiger partial charge >= 0.3 is 0 Å². The number of nitrogens with one attached hydrogen (secondary N) is 1. The third kappa shape index (κ3) is 3.65. The van der Waals surface area contributed by atoms with E-state index in [4.69, 9.17) is 14.2 Å². The SMILES string of the molecule is CC[C@@H]1CCCC[NH+]1C[C@H](O)COc1ccc2c(c1)OCO2. The summed E-state index contributed by atoms with van der Waals surface area (Å²) in [5.41, 5.74) is 0. The van der Waals surface area contributed by atoms with Gasteiger partial charge in [0.2, 0.25) is 6.79 Å². The number of fused-ring (bicyclic) bond motifs is 1. The van der Waals surface area contributed by atoms with Gasteiger partial charge in [0.15, 0.2) is 11.5 Å². The summed E-state index contributed by atoms with van der Waals surface area (Å²) in [7, 11) is 0. The topological polar surface area (TPSA) is 52.4 Å². The molecule has 2 N–H and O–H groups in total. The van der Waals surface area contributed by atoms with Crippen LogP contribution in [-0.2, 0) is 0 Å². The minimum Gasteiger partial charge on any atom is -0.491 e. The van der Waals surface area contributed by atoms with Gasteiger partial charge in [0.05, 0.1) is 12.6 Å². The van der Waals surface area contributed by atoms with Crippen LogP contribution in [0.5, 0.6) is 17.2 Å². The molecule has 0 spiro atoms. The van der Waals surface area contributed by atoms with Crippen molar-refractivity contribution in [2.75, 3.05) is 26.5 Å². The monoisotopic (exact) mass is 308 g/mol. The number of rotatable bonds is 6. The molecule has 1 aromatic carbocycles. The first kappa shape index (κ1) is 15.4. The first-order chi connectivity index (χ1) is 10.8. The van der Waals surface area contributed by atoms with Crippen molar-refractivity contribution >= 4 is 0 Å². The molecule has 0 saturated carbocycles. The van der Waals surface area contributed by atoms with Crippen LogP contribution < -0.4 is 19.1 Å². The van der Waals surface area contributed by atoms with Gasteiger partial charge in [-0.25, -0.2) is 0 Å². The Bertz CT molecular complexity index is 494. The number of likely N-dealkylation sites (tertiary alicyclic amines) is 1. The van der Waals surface area contributed by atoms with E-state index >= 15 is 0 Å². The molecule has 22 heavy (non-hydrogen) atoms. The lowest BCUT2D eigenvalue weighted by atomic mass is 10.00. The Hall–Kier alpha value is -1.46. The molecule has 1 unspecified atom stereocenters. The summed E-state index contributed by atoms with van der Waals surface area (Å²) in [5, 5.41) is 10.3. The van der Waals surface area contributed by atoms with Crippen molar-refractivity contribution < 1.29 is 24.2 Å². The lowest BCUT2D eigenvalue weighted by Gasteiger charge is -2.33. The van der Waals surface area contributed by atoms with Gasteiger partial charge in [-0.1, -0.05) is 6.92 Å². The van der Waals surface area contributed by atoms with Crippen molar-refractivity contribution in [3.05, 3.63) is 18.2 Å². The molecule has 0 radical (unpaired) electrons. The summed E-state index contributed by atoms with van der Waals surface area (Å²) in [5.74, 6) is 2.17. The molecule has 3 rings (SSSR count). The second kappa shape index (κ2) is 7.20. The van der Waals surface area contributed by atoms with E-state index in [2.05, 4.69) is 6.92 Å². The fourth-order valence-electron chi connectivity index (χ4n) is 3.43. The van der Waals surface area contributed by atoms with Crippen LogP contribution in [0.2, 0.25) is 0 Å². The van der Waals surface area contributed by atoms with Gasteiger partial charge in [-0.3, -0.25) is 0 Å². The highest BCUT2D eigenvalue weighted by atomic mass is 16.7. The van der Waals surface area contributed by atoms with Crippen molar-refractivity contribution in [1.29, 1.82) is 0 Å². The van der Waals surface area contributed by atoms with Crippen molar-refractivity contribution in [2.24, 2.45) is 0 Å². The quantitative estimate of drug-likeness (QED) is 0.823. The Balaban J connectivity index is 1.48. The number of hydrogen-bond acceptors (Lipinski definition) is 4. The molecule has 2 aliphatic heterocycles. The average molecular weight is 308 g/mol. The van der Waals surface area contributed by atoms with E-state index in [0.717, 1.165) is 12.3 Å². The Morgan fingerprint density at radius 3 is 3.05 bits per heavy atom. The first-order valence-corrected chi connectivity index (χ1v) is 8.31. The molecule has 1 fully saturated rings. The minimum absolute atomic E-state index is 0.262. The fourth-order valence-corrected chi connectivity index (χ4v) is 3.43. The number of aliphatic hydroxyl groups excluding tert-OH is 1. The largest absolute Gasteiger partial charge is 0.491 e. The average Bonchev–Trinajstić information content (AvgIpc) is 3.01. The number of piperidine rings is 1. The summed E-state index contributed by atoms with van der Waals surface area (Å²) in [6.45, 7) is 4.76. The van der Waals surface area contributed by atoms with Crippen LogP contribution in [0.15, 0.2) is 18.2 Å². The van der Waals surface area contributed by atoms with E-state index < -0.39 is 6.10 Å². The summed E-state index contributed by atoms with van der Waals surface area (Å²) < 4.78 is 16.3. The molecule has 3 atom stereocenters. The van der Waals surface area contributed by atoms with E-state index in [1.54, 1.807) is 0 Å². The van der Waals surface area contributed by atoms with Crippen LogP contribution in [0, 0.1) is 0 Å². The maximum absolute atomic E-state index is 10.3. The number of quaternary nitrogens is 1. The van der Waals surface area contributed by atoms with Crippen molar-refractivity contribution in [1.82, 2.24) is 0 Å². The van der Waals surface area contributed by atoms with E-state index in [9.17, 15) is 5.11 Å². The van der Waals surface area contributed by atoms with Crippen molar-refractivity contribution in [2.45, 2.75) is 44.8 Å². The van der Waals surface area contributed by atoms with Crippen LogP contribution in [0.3, 0.4) is 0 Å². The fraction of sp³-hybridized carbons (Fsp3) is 0.647. The highest BCUT2D eigenvalue weighted by Gasteiger charge is 2.26. The molecular formula is C17H26NO4+. The van der Waals surface area contributed by atoms with Gasteiger partial charge in [-0.15, -0.1) is 0 Å². The molecule has 5 nitrogen and oxygen atoms in total. The summed E-state index contributed by atoms with van der Waals surface area (Å²) in [4.78, 5) is 1.52. The molecule has 0 aromatic heterocycles. The van der Waals surface area contributed by atoms with Crippen molar-refractivity contribution in [3.63, 3.8) is 0 Å². The zero-order chi connectivity index (χ0) is 15.4. The molecule has 0 aliphatic carbocycles. The zero-order valence-corrected chi connectivity index (χ0v) is 13.2. The van der Waals surface area contributed by atoms with E-state index in [1.807, 2.05) is 18.2 Å². The Labute approximate surface area is 131 Å². The van der Waals surface area contributed by atoms with Gasteiger partial charge in [-0.2, -0.15) is 0 Å². The minimum atomic E-state index is -0.437. The molecule has 0 amide bonds. The van der Waals surface area contributed by atoms with Crippen LogP contribution >= 0.6 is 0 Å². The number of hydrogen-bond donors (Lipinski definition) is 2. The third-order valence-electron chi connectivity index (χ3n) is 4.65. The van der Waals surface area contributed by atoms with E-state index in [0.29, 0.717) is 24.1 Å². The van der Waals surface area contributed by atoms with E-state index in [-0.39, 0.29) is 6.79 Å². The lowest BCUT2D eigenvalue weighted by Crippen LogP contribution is -3.17. The maximum atomic E-state index is 10.3. The molecule has 1 aromatic rings. The molecule has 5 heteroatoms. The van der Waals surface area contributed by atoms with Gasteiger partial charge in [0.25, 0.3) is 0 Å². The maximum Gasteiger partial charge on any atom is 0.231 e. The Morgan fingerprint density at radius 1 is 1.32 bits per heavy atom. The first-order valence-electron chi connectivity index (χ1n) is 8.31. The summed E-state index contributed by atoms with van der Waals surface area (Å²) >= 11 is 0. The van der Waals surface area contributed by atoms with Crippen LogP contribution in [0.25, 0.3) is 0 Å². The predicted molar refractivity (Wildman–Crippen MR) is 82.7 cm³/mol. The number of aliphatic hydroxyl groups is 1. The smallest absolute Gasteiger partial charge is 0.231 e. The molecule has 122 valence electrons. The van der Waals surface area contributed by atoms with Crippen LogP contribution in [-0.4, -0.2) is 43.7 Å². The van der Waals surface area contributed by atoms with Crippen LogP contribution in [0.1, 0.15) is 32.6 Å². The summed E-state index contributed by atoms with van der Waals surface area (Å²) in [6, 6.07) is 6.20. The Morgan fingerprint density at radius 2 is 2.18 bits per heavy atom. The number of benzene rings is 1. The van der Waals surface area contributed by atoms with Crippen LogP contribution in [0.4, 0.5) is 0 Å². The second-order valence-electron chi connectivity index (χ2n) is 6.19. The zero-order valence-electron chi connectivity index (χ0n) is 13.2.